The van der Waals surface area contributed by atoms with Crippen LogP contribution in [-0.4, -0.2) is 17.5 Å². The quantitative estimate of drug-likeness (QED) is 0.857. The van der Waals surface area contributed by atoms with Gasteiger partial charge in [-0.1, -0.05) is 39.7 Å². The first-order valence-corrected chi connectivity index (χ1v) is 5.48. The normalized spacial score (nSPS) is 10.8. The van der Waals surface area contributed by atoms with Crippen LogP contribution >= 0.6 is 27.5 Å². The molecule has 0 saturated heterocycles. The molecule has 0 fully saturated rings. The zero-order valence-electron chi connectivity index (χ0n) is 7.63. The summed E-state index contributed by atoms with van der Waals surface area (Å²) in [5.74, 6) is 0.358. The van der Waals surface area contributed by atoms with Gasteiger partial charge in [0, 0.05) is 5.33 Å². The lowest BCUT2D eigenvalue weighted by Gasteiger charge is -2.05. The molecule has 0 aliphatic rings. The summed E-state index contributed by atoms with van der Waals surface area (Å²) in [5.41, 5.74) is 0.893. The molecule has 4 heteroatoms. The van der Waals surface area contributed by atoms with Gasteiger partial charge in [0.05, 0.1) is 12.1 Å². The fraction of sp³-hybridized carbons (Fsp3) is 0.200. The maximum absolute atomic E-state index is 9.46. The number of rotatable bonds is 3. The molecule has 0 unspecified atom stereocenters. The topological polar surface area (TPSA) is 29.5 Å². The van der Waals surface area contributed by atoms with Crippen molar-refractivity contribution in [1.82, 2.24) is 0 Å². The van der Waals surface area contributed by atoms with Crippen LogP contribution in [0.2, 0.25) is 5.02 Å². The number of aromatic hydroxyl groups is 1. The maximum Gasteiger partial charge on any atom is 0.176 e. The van der Waals surface area contributed by atoms with Gasteiger partial charge in [0.1, 0.15) is 0 Å². The number of hydrogen-bond acceptors (Lipinski definition) is 2. The molecule has 0 amide bonds. The molecule has 1 rings (SSSR count). The van der Waals surface area contributed by atoms with Crippen molar-refractivity contribution >= 4 is 33.6 Å². The Morgan fingerprint density at radius 1 is 1.57 bits per heavy atom. The number of methoxy groups -OCH3 is 1. The highest BCUT2D eigenvalue weighted by Gasteiger charge is 2.06. The summed E-state index contributed by atoms with van der Waals surface area (Å²) in [6.45, 7) is 0. The Bertz CT molecular complexity index is 350. The Hall–Kier alpha value is -0.670. The summed E-state index contributed by atoms with van der Waals surface area (Å²) in [4.78, 5) is 0. The first-order chi connectivity index (χ1) is 6.69. The molecule has 0 aliphatic carbocycles. The van der Waals surface area contributed by atoms with Crippen LogP contribution in [0.4, 0.5) is 0 Å². The molecule has 1 N–H and O–H groups in total. The Labute approximate surface area is 96.3 Å². The fourth-order valence-corrected chi connectivity index (χ4v) is 1.43. The first-order valence-electron chi connectivity index (χ1n) is 3.98. The van der Waals surface area contributed by atoms with Crippen molar-refractivity contribution in [3.8, 4) is 11.5 Å². The number of hydrogen-bond donors (Lipinski definition) is 1. The van der Waals surface area contributed by atoms with E-state index in [1.54, 1.807) is 12.1 Å². The predicted octanol–water partition coefficient (Wildman–Crippen LogP) is 3.46. The van der Waals surface area contributed by atoms with Crippen molar-refractivity contribution in [3.05, 3.63) is 28.8 Å². The van der Waals surface area contributed by atoms with E-state index in [2.05, 4.69) is 15.9 Å². The van der Waals surface area contributed by atoms with Gasteiger partial charge in [-0.05, 0) is 17.7 Å². The average Bonchev–Trinajstić information content (AvgIpc) is 2.19. The summed E-state index contributed by atoms with van der Waals surface area (Å²) in [5, 5.41) is 10.5. The molecule has 0 radical (unpaired) electrons. The summed E-state index contributed by atoms with van der Waals surface area (Å²) >= 11 is 9.08. The third kappa shape index (κ3) is 2.66. The van der Waals surface area contributed by atoms with Gasteiger partial charge >= 0.3 is 0 Å². The molecule has 0 saturated carbocycles. The van der Waals surface area contributed by atoms with E-state index in [9.17, 15) is 5.11 Å². The number of halogens is 2. The Kier molecular flexibility index (Phi) is 4.29. The lowest BCUT2D eigenvalue weighted by molar-refractivity contribution is 0.373. The van der Waals surface area contributed by atoms with Crippen LogP contribution in [0.25, 0.3) is 6.08 Å². The molecule has 0 bridgehead atoms. The number of alkyl halides is 1. The van der Waals surface area contributed by atoms with Crippen LogP contribution in [-0.2, 0) is 0 Å². The van der Waals surface area contributed by atoms with Gasteiger partial charge in [-0.2, -0.15) is 0 Å². The van der Waals surface area contributed by atoms with E-state index in [1.165, 1.54) is 7.11 Å². The number of ether oxygens (including phenoxy) is 1. The van der Waals surface area contributed by atoms with Crippen molar-refractivity contribution in [3.63, 3.8) is 0 Å². The summed E-state index contributed by atoms with van der Waals surface area (Å²) < 4.78 is 4.97. The monoisotopic (exact) mass is 276 g/mol. The molecule has 0 heterocycles. The Morgan fingerprint density at radius 2 is 2.29 bits per heavy atom. The lowest BCUT2D eigenvalue weighted by Crippen LogP contribution is -1.85. The van der Waals surface area contributed by atoms with E-state index in [1.807, 2.05) is 12.2 Å². The summed E-state index contributed by atoms with van der Waals surface area (Å²) in [6.07, 6.45) is 3.82. The van der Waals surface area contributed by atoms with Gasteiger partial charge in [0.25, 0.3) is 0 Å². The largest absolute Gasteiger partial charge is 0.503 e. The third-order valence-electron chi connectivity index (χ3n) is 1.67. The van der Waals surface area contributed by atoms with E-state index in [-0.39, 0.29) is 5.75 Å². The molecule has 0 aliphatic heterocycles. The van der Waals surface area contributed by atoms with Crippen molar-refractivity contribution in [1.29, 1.82) is 0 Å². The minimum atomic E-state index is -0.0230. The van der Waals surface area contributed by atoms with Gasteiger partial charge in [-0.25, -0.2) is 0 Å². The van der Waals surface area contributed by atoms with Crippen molar-refractivity contribution in [2.24, 2.45) is 0 Å². The van der Waals surface area contributed by atoms with Crippen LogP contribution in [0.15, 0.2) is 18.2 Å². The molecule has 0 spiro atoms. The second-order valence-corrected chi connectivity index (χ2v) is 3.66. The minimum absolute atomic E-state index is 0.0230. The molecule has 76 valence electrons. The fourth-order valence-electron chi connectivity index (χ4n) is 1.03. The van der Waals surface area contributed by atoms with Crippen LogP contribution in [0.3, 0.4) is 0 Å². The lowest BCUT2D eigenvalue weighted by atomic mass is 10.2. The van der Waals surface area contributed by atoms with Gasteiger partial charge in [-0.15, -0.1) is 0 Å². The Morgan fingerprint density at radius 3 is 2.86 bits per heavy atom. The second-order valence-electron chi connectivity index (χ2n) is 2.61. The standard InChI is InChI=1S/C10H10BrClO2/c1-14-9-6-7(3-2-4-11)5-8(12)10(9)13/h2-3,5-6,13H,4H2,1H3. The van der Waals surface area contributed by atoms with Crippen molar-refractivity contribution in [2.45, 2.75) is 0 Å². The zero-order chi connectivity index (χ0) is 10.6. The Balaban J connectivity index is 3.09. The van der Waals surface area contributed by atoms with Crippen molar-refractivity contribution < 1.29 is 9.84 Å². The summed E-state index contributed by atoms with van der Waals surface area (Å²) in [7, 11) is 1.49. The molecule has 1 aromatic rings. The highest BCUT2D eigenvalue weighted by Crippen LogP contribution is 2.35. The van der Waals surface area contributed by atoms with Crippen LogP contribution in [0.1, 0.15) is 5.56 Å². The van der Waals surface area contributed by atoms with E-state index in [0.29, 0.717) is 10.8 Å². The highest BCUT2D eigenvalue weighted by atomic mass is 79.9. The van der Waals surface area contributed by atoms with Crippen LogP contribution in [0.5, 0.6) is 11.5 Å². The van der Waals surface area contributed by atoms with Crippen LogP contribution < -0.4 is 4.74 Å². The van der Waals surface area contributed by atoms with Gasteiger partial charge in [0.2, 0.25) is 0 Å². The van der Waals surface area contributed by atoms with Gasteiger partial charge in [0.15, 0.2) is 11.5 Å². The molecule has 2 nitrogen and oxygen atoms in total. The molecule has 0 aromatic heterocycles. The maximum atomic E-state index is 9.46. The third-order valence-corrected chi connectivity index (χ3v) is 2.33. The van der Waals surface area contributed by atoms with E-state index in [4.69, 9.17) is 16.3 Å². The SMILES string of the molecule is COc1cc(C=CCBr)cc(Cl)c1O. The molecule has 1 aromatic carbocycles. The second kappa shape index (κ2) is 5.27. The first kappa shape index (κ1) is 11.4. The van der Waals surface area contributed by atoms with Gasteiger partial charge in [-0.3, -0.25) is 0 Å². The number of benzene rings is 1. The molecular formula is C10H10BrClO2. The molecule has 14 heavy (non-hydrogen) atoms. The number of phenolic OH excluding ortho intramolecular Hbond substituents is 1. The number of phenols is 1. The highest BCUT2D eigenvalue weighted by molar-refractivity contribution is 9.09. The van der Waals surface area contributed by atoms with Crippen LogP contribution in [0, 0.1) is 0 Å². The van der Waals surface area contributed by atoms with E-state index in [0.717, 1.165) is 10.9 Å². The molecule has 0 atom stereocenters. The van der Waals surface area contributed by atoms with Crippen molar-refractivity contribution in [2.75, 3.05) is 12.4 Å². The smallest absolute Gasteiger partial charge is 0.176 e. The predicted molar refractivity (Wildman–Crippen MR) is 62.5 cm³/mol. The zero-order valence-corrected chi connectivity index (χ0v) is 9.97. The average molecular weight is 278 g/mol. The summed E-state index contributed by atoms with van der Waals surface area (Å²) in [6, 6.07) is 3.40. The minimum Gasteiger partial charge on any atom is -0.503 e. The molecular weight excluding hydrogens is 267 g/mol. The van der Waals surface area contributed by atoms with Gasteiger partial charge < -0.3 is 9.84 Å². The van der Waals surface area contributed by atoms with E-state index >= 15 is 0 Å². The van der Waals surface area contributed by atoms with E-state index < -0.39 is 0 Å². The number of allylic oxidation sites excluding steroid dienone is 1.